The zero-order valence-electron chi connectivity index (χ0n) is 14.0. The minimum absolute atomic E-state index is 0.161. The highest BCUT2D eigenvalue weighted by molar-refractivity contribution is 5.91. The summed E-state index contributed by atoms with van der Waals surface area (Å²) in [5.74, 6) is 0.717. The molecule has 1 aliphatic heterocycles. The number of aryl methyl sites for hydroxylation is 1. The molecule has 2 atom stereocenters. The van der Waals surface area contributed by atoms with Crippen LogP contribution < -0.4 is 15.4 Å². The first-order valence-corrected chi connectivity index (χ1v) is 8.00. The van der Waals surface area contributed by atoms with Crippen molar-refractivity contribution in [3.63, 3.8) is 0 Å². The van der Waals surface area contributed by atoms with E-state index < -0.39 is 0 Å². The Hall–Kier alpha value is -1.75. The van der Waals surface area contributed by atoms with Gasteiger partial charge in [-0.15, -0.1) is 0 Å². The third kappa shape index (κ3) is 4.37. The van der Waals surface area contributed by atoms with Crippen molar-refractivity contribution in [2.75, 3.05) is 25.5 Å². The number of rotatable bonds is 4. The summed E-state index contributed by atoms with van der Waals surface area (Å²) < 4.78 is 5.59. The summed E-state index contributed by atoms with van der Waals surface area (Å²) in [5, 5.41) is 5.98. The molecule has 0 spiro atoms. The fraction of sp³-hybridized carbons (Fsp3) is 0.588. The number of carbonyl (C=O) groups is 1. The number of hydrogen-bond donors (Lipinski definition) is 2. The average Bonchev–Trinajstić information content (AvgIpc) is 2.46. The van der Waals surface area contributed by atoms with Crippen molar-refractivity contribution in [1.29, 1.82) is 0 Å². The minimum Gasteiger partial charge on any atom is -0.492 e. The molecule has 1 saturated heterocycles. The van der Waals surface area contributed by atoms with Crippen molar-refractivity contribution < 1.29 is 9.53 Å². The van der Waals surface area contributed by atoms with Crippen molar-refractivity contribution in [3.05, 3.63) is 23.8 Å². The summed E-state index contributed by atoms with van der Waals surface area (Å²) in [5.41, 5.74) is 1.82. The van der Waals surface area contributed by atoms with Gasteiger partial charge in [0, 0.05) is 18.6 Å². The first-order valence-electron chi connectivity index (χ1n) is 8.00. The number of nitrogens with zero attached hydrogens (tertiary/aromatic N) is 1. The topological polar surface area (TPSA) is 53.6 Å². The number of anilines is 1. The molecule has 1 heterocycles. The molecule has 1 fully saturated rings. The minimum atomic E-state index is -0.161. The molecule has 1 aliphatic rings. The van der Waals surface area contributed by atoms with Crippen LogP contribution >= 0.6 is 0 Å². The highest BCUT2D eigenvalue weighted by Gasteiger charge is 2.24. The second-order valence-electron chi connectivity index (χ2n) is 6.08. The zero-order chi connectivity index (χ0) is 16.1. The van der Waals surface area contributed by atoms with Crippen LogP contribution in [0.5, 0.6) is 5.75 Å². The van der Waals surface area contributed by atoms with Gasteiger partial charge < -0.3 is 20.3 Å². The third-order valence-corrected chi connectivity index (χ3v) is 4.23. The summed E-state index contributed by atoms with van der Waals surface area (Å²) >= 11 is 0. The number of benzene rings is 1. The van der Waals surface area contributed by atoms with Gasteiger partial charge in [-0.2, -0.15) is 0 Å². The Morgan fingerprint density at radius 1 is 1.45 bits per heavy atom. The summed E-state index contributed by atoms with van der Waals surface area (Å²) in [6, 6.07) is 6.36. The van der Waals surface area contributed by atoms with Crippen LogP contribution in [-0.4, -0.2) is 43.2 Å². The lowest BCUT2D eigenvalue weighted by atomic mass is 9.99. The maximum absolute atomic E-state index is 12.2. The maximum Gasteiger partial charge on any atom is 0.319 e. The number of urea groups is 1. The van der Waals surface area contributed by atoms with Crippen LogP contribution in [0.2, 0.25) is 0 Å². The Bertz CT molecular complexity index is 519. The molecule has 22 heavy (non-hydrogen) atoms. The molecule has 2 amide bonds. The van der Waals surface area contributed by atoms with E-state index in [2.05, 4.69) is 29.5 Å². The molecule has 0 bridgehead atoms. The van der Waals surface area contributed by atoms with Crippen molar-refractivity contribution in [1.82, 2.24) is 10.2 Å². The molecule has 5 nitrogen and oxygen atoms in total. The van der Waals surface area contributed by atoms with Gasteiger partial charge in [0.05, 0.1) is 12.3 Å². The fourth-order valence-corrected chi connectivity index (χ4v) is 2.77. The van der Waals surface area contributed by atoms with E-state index in [1.54, 1.807) is 0 Å². The third-order valence-electron chi connectivity index (χ3n) is 4.23. The van der Waals surface area contributed by atoms with Gasteiger partial charge in [-0.25, -0.2) is 4.79 Å². The molecule has 0 unspecified atom stereocenters. The number of carbonyl (C=O) groups excluding carboxylic acids is 1. The van der Waals surface area contributed by atoms with E-state index in [4.69, 9.17) is 4.74 Å². The van der Waals surface area contributed by atoms with E-state index >= 15 is 0 Å². The van der Waals surface area contributed by atoms with Crippen LogP contribution in [0.4, 0.5) is 10.5 Å². The Morgan fingerprint density at radius 3 is 2.91 bits per heavy atom. The second kappa shape index (κ2) is 7.49. The number of amides is 2. The summed E-state index contributed by atoms with van der Waals surface area (Å²) in [6.07, 6.45) is 1.97. The molecule has 0 aliphatic carbocycles. The standard InChI is InChI=1S/C17H27N3O2/c1-5-22-16-10-12(2)6-7-15(16)19-17(21)18-14-8-9-20(4)13(3)11-14/h6-7,10,13-14H,5,8-9,11H2,1-4H3,(H2,18,19,21)/t13-,14+/m0/s1. The predicted molar refractivity (Wildman–Crippen MR) is 89.6 cm³/mol. The van der Waals surface area contributed by atoms with E-state index in [0.29, 0.717) is 18.3 Å². The van der Waals surface area contributed by atoms with Crippen LogP contribution in [0.3, 0.4) is 0 Å². The molecule has 1 aromatic rings. The second-order valence-corrected chi connectivity index (χ2v) is 6.08. The smallest absolute Gasteiger partial charge is 0.319 e. The van der Waals surface area contributed by atoms with Crippen molar-refractivity contribution >= 4 is 11.7 Å². The molecular weight excluding hydrogens is 278 g/mol. The number of piperidine rings is 1. The van der Waals surface area contributed by atoms with E-state index in [-0.39, 0.29) is 12.1 Å². The molecule has 0 saturated carbocycles. The average molecular weight is 305 g/mol. The lowest BCUT2D eigenvalue weighted by molar-refractivity contribution is 0.170. The SMILES string of the molecule is CCOc1cc(C)ccc1NC(=O)N[C@@H]1CCN(C)[C@@H](C)C1. The number of hydrogen-bond acceptors (Lipinski definition) is 3. The van der Waals surface area contributed by atoms with Gasteiger partial charge in [0.2, 0.25) is 0 Å². The molecule has 122 valence electrons. The summed E-state index contributed by atoms with van der Waals surface area (Å²) in [4.78, 5) is 14.5. The Morgan fingerprint density at radius 2 is 2.23 bits per heavy atom. The molecule has 2 rings (SSSR count). The first-order chi connectivity index (χ1) is 10.5. The van der Waals surface area contributed by atoms with E-state index in [0.717, 1.165) is 30.7 Å². The zero-order valence-corrected chi connectivity index (χ0v) is 14.0. The Labute approximate surface area is 133 Å². The Balaban J connectivity index is 1.94. The first kappa shape index (κ1) is 16.6. The molecule has 5 heteroatoms. The highest BCUT2D eigenvalue weighted by atomic mass is 16.5. The number of likely N-dealkylation sites (tertiary alicyclic amines) is 1. The van der Waals surface area contributed by atoms with Gasteiger partial charge in [0.1, 0.15) is 5.75 Å². The van der Waals surface area contributed by atoms with Crippen LogP contribution in [0.25, 0.3) is 0 Å². The van der Waals surface area contributed by atoms with Crippen LogP contribution in [0.1, 0.15) is 32.3 Å². The van der Waals surface area contributed by atoms with E-state index in [1.165, 1.54) is 0 Å². The van der Waals surface area contributed by atoms with Gasteiger partial charge in [-0.1, -0.05) is 6.07 Å². The fourth-order valence-electron chi connectivity index (χ4n) is 2.77. The van der Waals surface area contributed by atoms with Gasteiger partial charge in [-0.05, 0) is 58.4 Å². The normalized spacial score (nSPS) is 22.2. The van der Waals surface area contributed by atoms with Crippen LogP contribution in [0.15, 0.2) is 18.2 Å². The van der Waals surface area contributed by atoms with Crippen molar-refractivity contribution in [2.24, 2.45) is 0 Å². The highest BCUT2D eigenvalue weighted by Crippen LogP contribution is 2.26. The largest absolute Gasteiger partial charge is 0.492 e. The maximum atomic E-state index is 12.2. The molecule has 0 aromatic heterocycles. The van der Waals surface area contributed by atoms with E-state index in [9.17, 15) is 4.79 Å². The summed E-state index contributed by atoms with van der Waals surface area (Å²) in [7, 11) is 2.13. The van der Waals surface area contributed by atoms with Gasteiger partial charge in [0.25, 0.3) is 0 Å². The molecule has 2 N–H and O–H groups in total. The van der Waals surface area contributed by atoms with Crippen LogP contribution in [0, 0.1) is 6.92 Å². The van der Waals surface area contributed by atoms with Gasteiger partial charge in [0.15, 0.2) is 0 Å². The predicted octanol–water partition coefficient (Wildman–Crippen LogP) is 3.00. The van der Waals surface area contributed by atoms with E-state index in [1.807, 2.05) is 32.0 Å². The number of ether oxygens (including phenoxy) is 1. The molecular formula is C17H27N3O2. The van der Waals surface area contributed by atoms with Crippen molar-refractivity contribution in [3.8, 4) is 5.75 Å². The molecule has 0 radical (unpaired) electrons. The van der Waals surface area contributed by atoms with Crippen LogP contribution in [-0.2, 0) is 0 Å². The van der Waals surface area contributed by atoms with Gasteiger partial charge >= 0.3 is 6.03 Å². The quantitative estimate of drug-likeness (QED) is 0.899. The number of nitrogens with one attached hydrogen (secondary N) is 2. The summed E-state index contributed by atoms with van der Waals surface area (Å²) in [6.45, 7) is 7.73. The van der Waals surface area contributed by atoms with Gasteiger partial charge in [-0.3, -0.25) is 0 Å². The van der Waals surface area contributed by atoms with Crippen molar-refractivity contribution in [2.45, 2.75) is 45.7 Å². The lowest BCUT2D eigenvalue weighted by Gasteiger charge is -2.35. The molecule has 1 aromatic carbocycles. The monoisotopic (exact) mass is 305 g/mol. The lowest BCUT2D eigenvalue weighted by Crippen LogP contribution is -2.48. The Kier molecular flexibility index (Phi) is 5.66.